The molecule has 1 aromatic rings. The quantitative estimate of drug-likeness (QED) is 0.830. The first-order chi connectivity index (χ1) is 7.09. The van der Waals surface area contributed by atoms with Gasteiger partial charge < -0.3 is 10.2 Å². The molecule has 0 amide bonds. The summed E-state index contributed by atoms with van der Waals surface area (Å²) in [6.45, 7) is 6.36. The zero-order chi connectivity index (χ0) is 11.3. The van der Waals surface area contributed by atoms with Crippen molar-refractivity contribution in [1.29, 1.82) is 0 Å². The first-order valence-electron chi connectivity index (χ1n) is 5.29. The van der Waals surface area contributed by atoms with E-state index in [1.807, 2.05) is 24.3 Å². The first kappa shape index (κ1) is 12.3. The standard InChI is InChI=1S/C12H19ClN2/c1-10(2)15(3)8-7-14-12-6-4-5-11(13)9-12/h4-6,9-10,14H,7-8H2,1-3H3. The molecule has 2 nitrogen and oxygen atoms in total. The molecular weight excluding hydrogens is 208 g/mol. The maximum atomic E-state index is 5.89. The Bertz CT molecular complexity index is 299. The minimum Gasteiger partial charge on any atom is -0.384 e. The van der Waals surface area contributed by atoms with Gasteiger partial charge >= 0.3 is 0 Å². The van der Waals surface area contributed by atoms with E-state index in [1.165, 1.54) is 0 Å². The number of hydrogen-bond acceptors (Lipinski definition) is 2. The van der Waals surface area contributed by atoms with Crippen LogP contribution in [0.4, 0.5) is 5.69 Å². The largest absolute Gasteiger partial charge is 0.384 e. The van der Waals surface area contributed by atoms with Gasteiger partial charge in [0.15, 0.2) is 0 Å². The highest BCUT2D eigenvalue weighted by molar-refractivity contribution is 6.30. The molecule has 1 aromatic carbocycles. The molecule has 3 heteroatoms. The maximum Gasteiger partial charge on any atom is 0.0426 e. The topological polar surface area (TPSA) is 15.3 Å². The SMILES string of the molecule is CC(C)N(C)CCNc1cccc(Cl)c1. The zero-order valence-corrected chi connectivity index (χ0v) is 10.4. The van der Waals surface area contributed by atoms with Crippen LogP contribution in [-0.2, 0) is 0 Å². The minimum atomic E-state index is 0.589. The maximum absolute atomic E-state index is 5.89. The zero-order valence-electron chi connectivity index (χ0n) is 9.63. The van der Waals surface area contributed by atoms with Crippen molar-refractivity contribution in [2.45, 2.75) is 19.9 Å². The van der Waals surface area contributed by atoms with E-state index < -0.39 is 0 Å². The van der Waals surface area contributed by atoms with Crippen molar-refractivity contribution in [3.8, 4) is 0 Å². The summed E-state index contributed by atoms with van der Waals surface area (Å²) in [5.41, 5.74) is 1.08. The van der Waals surface area contributed by atoms with Crippen LogP contribution >= 0.6 is 11.6 Å². The van der Waals surface area contributed by atoms with E-state index in [9.17, 15) is 0 Å². The second-order valence-corrected chi connectivity index (χ2v) is 4.45. The second kappa shape index (κ2) is 5.99. The van der Waals surface area contributed by atoms with Crippen LogP contribution in [0.5, 0.6) is 0 Å². The van der Waals surface area contributed by atoms with E-state index in [2.05, 4.69) is 31.1 Å². The number of anilines is 1. The molecule has 0 bridgehead atoms. The summed E-state index contributed by atoms with van der Waals surface area (Å²) in [6.07, 6.45) is 0. The Morgan fingerprint density at radius 3 is 2.73 bits per heavy atom. The van der Waals surface area contributed by atoms with Crippen LogP contribution in [0.15, 0.2) is 24.3 Å². The highest BCUT2D eigenvalue weighted by atomic mass is 35.5. The smallest absolute Gasteiger partial charge is 0.0426 e. The Kier molecular flexibility index (Phi) is 4.92. The van der Waals surface area contributed by atoms with E-state index in [-0.39, 0.29) is 0 Å². The van der Waals surface area contributed by atoms with Gasteiger partial charge in [0.2, 0.25) is 0 Å². The molecule has 1 rings (SSSR count). The Balaban J connectivity index is 2.32. The van der Waals surface area contributed by atoms with Crippen LogP contribution in [0.25, 0.3) is 0 Å². The van der Waals surface area contributed by atoms with Crippen molar-refractivity contribution < 1.29 is 0 Å². The van der Waals surface area contributed by atoms with Crippen LogP contribution in [-0.4, -0.2) is 31.1 Å². The Morgan fingerprint density at radius 2 is 2.13 bits per heavy atom. The lowest BCUT2D eigenvalue weighted by Crippen LogP contribution is -2.31. The molecule has 0 unspecified atom stereocenters. The number of rotatable bonds is 5. The average Bonchev–Trinajstić information content (AvgIpc) is 2.17. The van der Waals surface area contributed by atoms with Gasteiger partial charge in [0.1, 0.15) is 0 Å². The summed E-state index contributed by atoms with van der Waals surface area (Å²) in [6, 6.07) is 8.40. The molecule has 0 aliphatic carbocycles. The lowest BCUT2D eigenvalue weighted by Gasteiger charge is -2.21. The van der Waals surface area contributed by atoms with Gasteiger partial charge in [-0.2, -0.15) is 0 Å². The van der Waals surface area contributed by atoms with Crippen LogP contribution < -0.4 is 5.32 Å². The van der Waals surface area contributed by atoms with Crippen molar-refractivity contribution in [2.75, 3.05) is 25.5 Å². The lowest BCUT2D eigenvalue weighted by molar-refractivity contribution is 0.284. The second-order valence-electron chi connectivity index (χ2n) is 4.01. The number of halogens is 1. The third-order valence-electron chi connectivity index (χ3n) is 2.50. The van der Waals surface area contributed by atoms with Crippen LogP contribution in [0, 0.1) is 0 Å². The van der Waals surface area contributed by atoms with Gasteiger partial charge in [0.05, 0.1) is 0 Å². The summed E-state index contributed by atoms with van der Waals surface area (Å²) in [5, 5.41) is 4.12. The summed E-state index contributed by atoms with van der Waals surface area (Å²) in [7, 11) is 2.13. The number of nitrogens with one attached hydrogen (secondary N) is 1. The molecule has 0 saturated heterocycles. The molecule has 15 heavy (non-hydrogen) atoms. The van der Waals surface area contributed by atoms with E-state index in [1.54, 1.807) is 0 Å². The van der Waals surface area contributed by atoms with E-state index in [0.29, 0.717) is 6.04 Å². The molecular formula is C12H19ClN2. The Labute approximate surface area is 97.2 Å². The van der Waals surface area contributed by atoms with Crippen molar-refractivity contribution >= 4 is 17.3 Å². The number of likely N-dealkylation sites (N-methyl/N-ethyl adjacent to an activating group) is 1. The minimum absolute atomic E-state index is 0.589. The highest BCUT2D eigenvalue weighted by Gasteiger charge is 2.01. The summed E-state index contributed by atoms with van der Waals surface area (Å²) < 4.78 is 0. The molecule has 0 aliphatic heterocycles. The molecule has 0 spiro atoms. The van der Waals surface area contributed by atoms with Crippen LogP contribution in [0.1, 0.15) is 13.8 Å². The molecule has 0 heterocycles. The van der Waals surface area contributed by atoms with E-state index in [0.717, 1.165) is 23.8 Å². The van der Waals surface area contributed by atoms with Crippen molar-refractivity contribution in [1.82, 2.24) is 4.90 Å². The third-order valence-corrected chi connectivity index (χ3v) is 2.73. The van der Waals surface area contributed by atoms with Gasteiger partial charge in [0.25, 0.3) is 0 Å². The van der Waals surface area contributed by atoms with Gasteiger partial charge in [-0.05, 0) is 39.1 Å². The van der Waals surface area contributed by atoms with Gasteiger partial charge in [-0.15, -0.1) is 0 Å². The van der Waals surface area contributed by atoms with Gasteiger partial charge in [-0.3, -0.25) is 0 Å². The molecule has 0 saturated carbocycles. The van der Waals surface area contributed by atoms with Crippen molar-refractivity contribution in [3.05, 3.63) is 29.3 Å². The van der Waals surface area contributed by atoms with Crippen molar-refractivity contribution in [2.24, 2.45) is 0 Å². The number of benzene rings is 1. The van der Waals surface area contributed by atoms with E-state index in [4.69, 9.17) is 11.6 Å². The van der Waals surface area contributed by atoms with Crippen LogP contribution in [0.3, 0.4) is 0 Å². The van der Waals surface area contributed by atoms with Gasteiger partial charge in [0, 0.05) is 29.8 Å². The normalized spacial score (nSPS) is 11.1. The average molecular weight is 227 g/mol. The molecule has 0 aliphatic rings. The molecule has 0 atom stereocenters. The van der Waals surface area contributed by atoms with Crippen molar-refractivity contribution in [3.63, 3.8) is 0 Å². The number of hydrogen-bond donors (Lipinski definition) is 1. The fourth-order valence-electron chi connectivity index (χ4n) is 1.23. The summed E-state index contributed by atoms with van der Waals surface area (Å²) in [5.74, 6) is 0. The lowest BCUT2D eigenvalue weighted by atomic mass is 10.3. The fourth-order valence-corrected chi connectivity index (χ4v) is 1.42. The van der Waals surface area contributed by atoms with Gasteiger partial charge in [-0.1, -0.05) is 17.7 Å². The number of nitrogens with zero attached hydrogens (tertiary/aromatic N) is 1. The Hall–Kier alpha value is -0.730. The third kappa shape index (κ3) is 4.54. The Morgan fingerprint density at radius 1 is 1.40 bits per heavy atom. The van der Waals surface area contributed by atoms with Crippen LogP contribution in [0.2, 0.25) is 5.02 Å². The van der Waals surface area contributed by atoms with Gasteiger partial charge in [-0.25, -0.2) is 0 Å². The highest BCUT2D eigenvalue weighted by Crippen LogP contribution is 2.14. The fraction of sp³-hybridized carbons (Fsp3) is 0.500. The predicted octanol–water partition coefficient (Wildman–Crippen LogP) is 3.09. The molecule has 84 valence electrons. The molecule has 0 fully saturated rings. The first-order valence-corrected chi connectivity index (χ1v) is 5.67. The summed E-state index contributed by atoms with van der Waals surface area (Å²) >= 11 is 5.89. The van der Waals surface area contributed by atoms with E-state index >= 15 is 0 Å². The monoisotopic (exact) mass is 226 g/mol. The summed E-state index contributed by atoms with van der Waals surface area (Å²) in [4.78, 5) is 2.30. The molecule has 0 radical (unpaired) electrons. The predicted molar refractivity (Wildman–Crippen MR) is 67.7 cm³/mol. The molecule has 1 N–H and O–H groups in total. The molecule has 0 aromatic heterocycles.